The van der Waals surface area contributed by atoms with E-state index < -0.39 is 10.0 Å². The molecule has 0 fully saturated rings. The standard InChI is InChI=1S/C17H19ClN2O2S/c18-16-4-1-13(2-5-16)7-10-20-23(21,22)17-6-3-14-8-9-19-12-15(14)11-17/h1-6,11,19-20H,7-10,12H2. The molecule has 1 heterocycles. The molecule has 2 N–H and O–H groups in total. The van der Waals surface area contributed by atoms with Gasteiger partial charge in [-0.25, -0.2) is 13.1 Å². The predicted octanol–water partition coefficient (Wildman–Crippen LogP) is 2.51. The summed E-state index contributed by atoms with van der Waals surface area (Å²) in [5.74, 6) is 0. The minimum atomic E-state index is -3.48. The van der Waals surface area contributed by atoms with Gasteiger partial charge in [-0.05, 0) is 60.3 Å². The largest absolute Gasteiger partial charge is 0.312 e. The normalized spacial score (nSPS) is 14.5. The Labute approximate surface area is 141 Å². The fourth-order valence-corrected chi connectivity index (χ4v) is 3.90. The van der Waals surface area contributed by atoms with E-state index in [1.165, 1.54) is 5.56 Å². The minimum absolute atomic E-state index is 0.330. The molecule has 4 nitrogen and oxygen atoms in total. The van der Waals surface area contributed by atoms with Crippen molar-refractivity contribution in [2.45, 2.75) is 24.3 Å². The number of fused-ring (bicyclic) bond motifs is 1. The van der Waals surface area contributed by atoms with Crippen LogP contribution in [0.15, 0.2) is 47.4 Å². The number of rotatable bonds is 5. The number of halogens is 1. The van der Waals surface area contributed by atoms with E-state index in [9.17, 15) is 8.42 Å². The Morgan fingerprint density at radius 2 is 1.87 bits per heavy atom. The first-order chi connectivity index (χ1) is 11.0. The average Bonchev–Trinajstić information content (AvgIpc) is 2.56. The van der Waals surface area contributed by atoms with Gasteiger partial charge in [0.25, 0.3) is 0 Å². The van der Waals surface area contributed by atoms with E-state index >= 15 is 0 Å². The van der Waals surface area contributed by atoms with Crippen LogP contribution in [0.2, 0.25) is 5.02 Å². The Balaban J connectivity index is 1.65. The van der Waals surface area contributed by atoms with E-state index in [4.69, 9.17) is 11.6 Å². The molecule has 1 aliphatic rings. The van der Waals surface area contributed by atoms with Crippen molar-refractivity contribution in [2.24, 2.45) is 0 Å². The highest BCUT2D eigenvalue weighted by atomic mass is 35.5. The van der Waals surface area contributed by atoms with Gasteiger partial charge in [0, 0.05) is 18.1 Å². The number of hydrogen-bond donors (Lipinski definition) is 2. The minimum Gasteiger partial charge on any atom is -0.312 e. The molecule has 0 bridgehead atoms. The molecule has 1 aliphatic heterocycles. The molecular formula is C17H19ClN2O2S. The molecule has 2 aromatic carbocycles. The maximum Gasteiger partial charge on any atom is 0.240 e. The highest BCUT2D eigenvalue weighted by Crippen LogP contribution is 2.19. The summed E-state index contributed by atoms with van der Waals surface area (Å²) in [6, 6.07) is 12.8. The van der Waals surface area contributed by atoms with Gasteiger partial charge in [0.1, 0.15) is 0 Å². The Morgan fingerprint density at radius 3 is 2.65 bits per heavy atom. The van der Waals surface area contributed by atoms with Crippen molar-refractivity contribution < 1.29 is 8.42 Å². The third kappa shape index (κ3) is 4.12. The van der Waals surface area contributed by atoms with Crippen LogP contribution in [0.4, 0.5) is 0 Å². The second-order valence-electron chi connectivity index (χ2n) is 5.63. The van der Waals surface area contributed by atoms with Crippen LogP contribution >= 0.6 is 11.6 Å². The zero-order chi connectivity index (χ0) is 16.3. The van der Waals surface area contributed by atoms with Crippen molar-refractivity contribution in [3.8, 4) is 0 Å². The lowest BCUT2D eigenvalue weighted by Gasteiger charge is -2.18. The van der Waals surface area contributed by atoms with Gasteiger partial charge >= 0.3 is 0 Å². The van der Waals surface area contributed by atoms with Gasteiger partial charge < -0.3 is 5.32 Å². The molecule has 122 valence electrons. The summed E-state index contributed by atoms with van der Waals surface area (Å²) in [6.45, 7) is 2.03. The van der Waals surface area contributed by atoms with Crippen molar-refractivity contribution in [3.05, 3.63) is 64.2 Å². The van der Waals surface area contributed by atoms with Crippen LogP contribution in [0, 0.1) is 0 Å². The van der Waals surface area contributed by atoms with E-state index in [2.05, 4.69) is 10.0 Å². The maximum atomic E-state index is 12.4. The Kier molecular flexibility index (Phi) is 5.02. The molecule has 0 atom stereocenters. The van der Waals surface area contributed by atoms with Gasteiger partial charge in [0.05, 0.1) is 4.90 Å². The maximum absolute atomic E-state index is 12.4. The van der Waals surface area contributed by atoms with Crippen LogP contribution in [0.3, 0.4) is 0 Å². The van der Waals surface area contributed by atoms with E-state index in [-0.39, 0.29) is 0 Å². The van der Waals surface area contributed by atoms with Gasteiger partial charge in [-0.1, -0.05) is 29.8 Å². The second kappa shape index (κ2) is 7.01. The van der Waals surface area contributed by atoms with Crippen LogP contribution < -0.4 is 10.0 Å². The Bertz CT molecular complexity index is 789. The quantitative estimate of drug-likeness (QED) is 0.871. The highest BCUT2D eigenvalue weighted by molar-refractivity contribution is 7.89. The van der Waals surface area contributed by atoms with E-state index in [0.29, 0.717) is 22.9 Å². The fraction of sp³-hybridized carbons (Fsp3) is 0.294. The summed E-state index contributed by atoms with van der Waals surface area (Å²) < 4.78 is 27.5. The molecule has 0 saturated heterocycles. The van der Waals surface area contributed by atoms with Gasteiger partial charge in [-0.3, -0.25) is 0 Å². The van der Waals surface area contributed by atoms with Gasteiger partial charge in [0.2, 0.25) is 10.0 Å². The van der Waals surface area contributed by atoms with Crippen LogP contribution in [0.5, 0.6) is 0 Å². The first-order valence-corrected chi connectivity index (χ1v) is 9.47. The first-order valence-electron chi connectivity index (χ1n) is 7.61. The topological polar surface area (TPSA) is 58.2 Å². The van der Waals surface area contributed by atoms with E-state index in [1.54, 1.807) is 12.1 Å². The zero-order valence-corrected chi connectivity index (χ0v) is 14.3. The first kappa shape index (κ1) is 16.5. The molecule has 3 rings (SSSR count). The molecule has 6 heteroatoms. The molecule has 0 aliphatic carbocycles. The second-order valence-corrected chi connectivity index (χ2v) is 7.83. The molecule has 0 amide bonds. The number of nitrogens with one attached hydrogen (secondary N) is 2. The molecule has 0 unspecified atom stereocenters. The van der Waals surface area contributed by atoms with Gasteiger partial charge in [-0.15, -0.1) is 0 Å². The number of hydrogen-bond acceptors (Lipinski definition) is 3. The molecule has 2 aromatic rings. The van der Waals surface area contributed by atoms with Crippen LogP contribution in [0.1, 0.15) is 16.7 Å². The Morgan fingerprint density at radius 1 is 1.09 bits per heavy atom. The summed E-state index contributed by atoms with van der Waals surface area (Å²) >= 11 is 5.84. The van der Waals surface area contributed by atoms with Crippen molar-refractivity contribution in [1.82, 2.24) is 10.0 Å². The van der Waals surface area contributed by atoms with Crippen LogP contribution in [0.25, 0.3) is 0 Å². The lowest BCUT2D eigenvalue weighted by Crippen LogP contribution is -2.27. The summed E-state index contributed by atoms with van der Waals surface area (Å²) in [5, 5.41) is 3.94. The Hall–Kier alpha value is -1.40. The SMILES string of the molecule is O=S(=O)(NCCc1ccc(Cl)cc1)c1ccc2c(c1)CNCC2. The molecule has 0 spiro atoms. The van der Waals surface area contributed by atoms with E-state index in [1.807, 2.05) is 30.3 Å². The summed E-state index contributed by atoms with van der Waals surface area (Å²) in [4.78, 5) is 0.330. The molecule has 0 radical (unpaired) electrons. The number of benzene rings is 2. The van der Waals surface area contributed by atoms with Gasteiger partial charge in [0.15, 0.2) is 0 Å². The predicted molar refractivity (Wildman–Crippen MR) is 92.2 cm³/mol. The third-order valence-electron chi connectivity index (χ3n) is 3.99. The molecule has 0 aromatic heterocycles. The van der Waals surface area contributed by atoms with Crippen molar-refractivity contribution in [3.63, 3.8) is 0 Å². The zero-order valence-electron chi connectivity index (χ0n) is 12.7. The van der Waals surface area contributed by atoms with Crippen molar-refractivity contribution in [1.29, 1.82) is 0 Å². The van der Waals surface area contributed by atoms with Gasteiger partial charge in [-0.2, -0.15) is 0 Å². The summed E-state index contributed by atoms with van der Waals surface area (Å²) in [7, 11) is -3.48. The van der Waals surface area contributed by atoms with E-state index in [0.717, 1.165) is 30.6 Å². The molecule has 0 saturated carbocycles. The summed E-state index contributed by atoms with van der Waals surface area (Å²) in [6.07, 6.45) is 1.57. The lowest BCUT2D eigenvalue weighted by molar-refractivity contribution is 0.580. The van der Waals surface area contributed by atoms with Crippen LogP contribution in [-0.2, 0) is 29.4 Å². The van der Waals surface area contributed by atoms with Crippen molar-refractivity contribution in [2.75, 3.05) is 13.1 Å². The number of sulfonamides is 1. The fourth-order valence-electron chi connectivity index (χ4n) is 2.69. The third-order valence-corrected chi connectivity index (χ3v) is 5.70. The average molecular weight is 351 g/mol. The molecule has 23 heavy (non-hydrogen) atoms. The van der Waals surface area contributed by atoms with Crippen molar-refractivity contribution >= 4 is 21.6 Å². The highest BCUT2D eigenvalue weighted by Gasteiger charge is 2.17. The monoisotopic (exact) mass is 350 g/mol. The smallest absolute Gasteiger partial charge is 0.240 e. The molecular weight excluding hydrogens is 332 g/mol. The lowest BCUT2D eigenvalue weighted by atomic mass is 10.0. The summed E-state index contributed by atoms with van der Waals surface area (Å²) in [5.41, 5.74) is 3.34. The van der Waals surface area contributed by atoms with Crippen LogP contribution in [-0.4, -0.2) is 21.5 Å².